The summed E-state index contributed by atoms with van der Waals surface area (Å²) in [6.07, 6.45) is 1.91. The van der Waals surface area contributed by atoms with Crippen molar-refractivity contribution in [1.29, 1.82) is 0 Å². The molecule has 74 valence electrons. The van der Waals surface area contributed by atoms with E-state index in [-0.39, 0.29) is 12.0 Å². The van der Waals surface area contributed by atoms with Gasteiger partial charge in [0, 0.05) is 5.41 Å². The van der Waals surface area contributed by atoms with Gasteiger partial charge in [0.2, 0.25) is 0 Å². The van der Waals surface area contributed by atoms with Gasteiger partial charge in [-0.3, -0.25) is 0 Å². The summed E-state index contributed by atoms with van der Waals surface area (Å²) in [6, 6.07) is 10.4. The molecule has 1 aliphatic rings. The molecule has 0 aliphatic heterocycles. The third kappa shape index (κ3) is 1.12. The summed E-state index contributed by atoms with van der Waals surface area (Å²) in [5.74, 6) is 0.957. The first-order valence-electron chi connectivity index (χ1n) is 5.05. The molecular formula is C13H16O. The van der Waals surface area contributed by atoms with Crippen LogP contribution in [-0.4, -0.2) is 11.7 Å². The molecular weight excluding hydrogens is 172 g/mol. The lowest BCUT2D eigenvalue weighted by Crippen LogP contribution is -2.06. The zero-order chi connectivity index (χ0) is 10.2. The Labute approximate surface area is 85.1 Å². The van der Waals surface area contributed by atoms with Crippen LogP contribution in [0.25, 0.3) is 0 Å². The SMILES string of the molecule is C=CC1(CO)C(C)C1c1ccccc1. The Kier molecular flexibility index (Phi) is 2.20. The Morgan fingerprint density at radius 2 is 2.07 bits per heavy atom. The maximum atomic E-state index is 9.39. The number of hydrogen-bond donors (Lipinski definition) is 1. The second-order valence-corrected chi connectivity index (χ2v) is 4.15. The molecule has 0 spiro atoms. The molecule has 14 heavy (non-hydrogen) atoms. The summed E-state index contributed by atoms with van der Waals surface area (Å²) in [5.41, 5.74) is 1.25. The fourth-order valence-corrected chi connectivity index (χ4v) is 2.53. The van der Waals surface area contributed by atoms with E-state index >= 15 is 0 Å². The smallest absolute Gasteiger partial charge is 0.0530 e. The minimum absolute atomic E-state index is 0.0681. The van der Waals surface area contributed by atoms with Crippen molar-refractivity contribution in [3.8, 4) is 0 Å². The third-order valence-electron chi connectivity index (χ3n) is 3.63. The van der Waals surface area contributed by atoms with E-state index < -0.39 is 0 Å². The third-order valence-corrected chi connectivity index (χ3v) is 3.63. The monoisotopic (exact) mass is 188 g/mol. The summed E-state index contributed by atoms with van der Waals surface area (Å²) in [5, 5.41) is 9.39. The van der Waals surface area contributed by atoms with Gasteiger partial charge >= 0.3 is 0 Å². The molecule has 1 nitrogen and oxygen atoms in total. The van der Waals surface area contributed by atoms with E-state index in [9.17, 15) is 5.11 Å². The van der Waals surface area contributed by atoms with Crippen LogP contribution in [-0.2, 0) is 0 Å². The molecule has 1 aliphatic carbocycles. The fraction of sp³-hybridized carbons (Fsp3) is 0.385. The van der Waals surface area contributed by atoms with Crippen molar-refractivity contribution < 1.29 is 5.11 Å². The Hall–Kier alpha value is -1.08. The van der Waals surface area contributed by atoms with Gasteiger partial charge in [0.05, 0.1) is 6.61 Å². The van der Waals surface area contributed by atoms with E-state index in [4.69, 9.17) is 0 Å². The molecule has 1 fully saturated rings. The number of aliphatic hydroxyl groups excluding tert-OH is 1. The van der Waals surface area contributed by atoms with Crippen LogP contribution >= 0.6 is 0 Å². The Bertz CT molecular complexity index is 330. The predicted molar refractivity (Wildman–Crippen MR) is 58.1 cm³/mol. The number of aliphatic hydroxyl groups is 1. The quantitative estimate of drug-likeness (QED) is 0.723. The highest BCUT2D eigenvalue weighted by atomic mass is 16.3. The highest BCUT2D eigenvalue weighted by Crippen LogP contribution is 2.64. The van der Waals surface area contributed by atoms with Gasteiger partial charge in [-0.25, -0.2) is 0 Å². The summed E-state index contributed by atoms with van der Waals surface area (Å²) in [7, 11) is 0. The van der Waals surface area contributed by atoms with Crippen LogP contribution in [0.15, 0.2) is 43.0 Å². The minimum atomic E-state index is -0.0681. The summed E-state index contributed by atoms with van der Waals surface area (Å²) in [4.78, 5) is 0. The molecule has 1 N–H and O–H groups in total. The first kappa shape index (κ1) is 9.47. The maximum absolute atomic E-state index is 9.39. The molecule has 0 heterocycles. The lowest BCUT2D eigenvalue weighted by molar-refractivity contribution is 0.230. The van der Waals surface area contributed by atoms with Crippen LogP contribution in [0, 0.1) is 11.3 Å². The Morgan fingerprint density at radius 1 is 1.43 bits per heavy atom. The van der Waals surface area contributed by atoms with Gasteiger partial charge in [0.15, 0.2) is 0 Å². The molecule has 0 amide bonds. The molecule has 0 aromatic heterocycles. The molecule has 3 unspecified atom stereocenters. The van der Waals surface area contributed by atoms with Crippen molar-refractivity contribution in [2.45, 2.75) is 12.8 Å². The molecule has 1 aromatic carbocycles. The predicted octanol–water partition coefficient (Wildman–Crippen LogP) is 2.58. The standard InChI is InChI=1S/C13H16O/c1-3-13(9-14)10(2)12(13)11-7-5-4-6-8-11/h3-8,10,12,14H,1,9H2,2H3. The summed E-state index contributed by atoms with van der Waals surface area (Å²) < 4.78 is 0. The molecule has 0 saturated heterocycles. The van der Waals surface area contributed by atoms with Gasteiger partial charge in [-0.1, -0.05) is 43.3 Å². The van der Waals surface area contributed by atoms with Crippen molar-refractivity contribution in [3.63, 3.8) is 0 Å². The molecule has 1 heteroatoms. The molecule has 2 rings (SSSR count). The Balaban J connectivity index is 2.28. The molecule has 3 atom stereocenters. The average molecular weight is 188 g/mol. The molecule has 1 aromatic rings. The van der Waals surface area contributed by atoms with Crippen molar-refractivity contribution >= 4 is 0 Å². The largest absolute Gasteiger partial charge is 0.395 e. The van der Waals surface area contributed by atoms with Crippen molar-refractivity contribution in [1.82, 2.24) is 0 Å². The van der Waals surface area contributed by atoms with E-state index in [2.05, 4.69) is 25.6 Å². The Morgan fingerprint density at radius 3 is 2.50 bits per heavy atom. The van der Waals surface area contributed by atoms with Crippen LogP contribution in [0.1, 0.15) is 18.4 Å². The van der Waals surface area contributed by atoms with Gasteiger partial charge in [-0.05, 0) is 17.4 Å². The summed E-state index contributed by atoms with van der Waals surface area (Å²) in [6.45, 7) is 6.21. The van der Waals surface area contributed by atoms with Crippen molar-refractivity contribution in [3.05, 3.63) is 48.6 Å². The second kappa shape index (κ2) is 3.25. The number of hydrogen-bond acceptors (Lipinski definition) is 1. The van der Waals surface area contributed by atoms with Crippen molar-refractivity contribution in [2.24, 2.45) is 11.3 Å². The van der Waals surface area contributed by atoms with E-state index in [0.717, 1.165) is 0 Å². The fourth-order valence-electron chi connectivity index (χ4n) is 2.53. The highest BCUT2D eigenvalue weighted by Gasteiger charge is 2.59. The van der Waals surface area contributed by atoms with Gasteiger partial charge in [0.1, 0.15) is 0 Å². The number of benzene rings is 1. The van der Waals surface area contributed by atoms with Gasteiger partial charge in [-0.2, -0.15) is 0 Å². The van der Waals surface area contributed by atoms with E-state index in [1.165, 1.54) is 5.56 Å². The second-order valence-electron chi connectivity index (χ2n) is 4.15. The van der Waals surface area contributed by atoms with E-state index in [1.54, 1.807) is 0 Å². The average Bonchev–Trinajstić information content (AvgIpc) is 2.85. The molecule has 0 radical (unpaired) electrons. The lowest BCUT2D eigenvalue weighted by Gasteiger charge is -2.07. The van der Waals surface area contributed by atoms with Gasteiger partial charge < -0.3 is 5.11 Å². The first-order valence-corrected chi connectivity index (χ1v) is 5.05. The van der Waals surface area contributed by atoms with Crippen LogP contribution in [0.3, 0.4) is 0 Å². The number of rotatable bonds is 3. The lowest BCUT2D eigenvalue weighted by atomic mass is 10.00. The summed E-state index contributed by atoms with van der Waals surface area (Å²) >= 11 is 0. The van der Waals surface area contributed by atoms with E-state index in [0.29, 0.717) is 11.8 Å². The highest BCUT2D eigenvalue weighted by molar-refractivity contribution is 5.35. The first-order chi connectivity index (χ1) is 6.76. The maximum Gasteiger partial charge on any atom is 0.0530 e. The van der Waals surface area contributed by atoms with Crippen LogP contribution in [0.4, 0.5) is 0 Å². The van der Waals surface area contributed by atoms with E-state index in [1.807, 2.05) is 24.3 Å². The zero-order valence-corrected chi connectivity index (χ0v) is 8.48. The van der Waals surface area contributed by atoms with Crippen LogP contribution in [0.2, 0.25) is 0 Å². The van der Waals surface area contributed by atoms with Gasteiger partial charge in [-0.15, -0.1) is 6.58 Å². The van der Waals surface area contributed by atoms with Crippen LogP contribution in [0.5, 0.6) is 0 Å². The minimum Gasteiger partial charge on any atom is -0.395 e. The molecule has 1 saturated carbocycles. The van der Waals surface area contributed by atoms with Gasteiger partial charge in [0.25, 0.3) is 0 Å². The molecule has 0 bridgehead atoms. The van der Waals surface area contributed by atoms with Crippen molar-refractivity contribution in [2.75, 3.05) is 6.61 Å². The normalized spacial score (nSPS) is 35.3. The van der Waals surface area contributed by atoms with Crippen LogP contribution < -0.4 is 0 Å². The zero-order valence-electron chi connectivity index (χ0n) is 8.48. The topological polar surface area (TPSA) is 20.2 Å².